The molecule has 0 unspecified atom stereocenters. The van der Waals surface area contributed by atoms with E-state index in [1.807, 2.05) is 20.8 Å². The van der Waals surface area contributed by atoms with Crippen LogP contribution in [0.5, 0.6) is 0 Å². The molecule has 0 fully saturated rings. The molecule has 0 bridgehead atoms. The predicted molar refractivity (Wildman–Crippen MR) is 152 cm³/mol. The van der Waals surface area contributed by atoms with Crippen molar-refractivity contribution in [2.24, 2.45) is 0 Å². The Morgan fingerprint density at radius 1 is 1.05 bits per heavy atom. The number of halogens is 3. The molecule has 2 amide bonds. The predicted octanol–water partition coefficient (Wildman–Crippen LogP) is 5.83. The topological polar surface area (TPSA) is 86.8 Å². The van der Waals surface area contributed by atoms with Crippen molar-refractivity contribution in [3.8, 4) is 0 Å². The van der Waals surface area contributed by atoms with Crippen LogP contribution in [-0.4, -0.2) is 49.5 Å². The number of sulfonamides is 1. The van der Waals surface area contributed by atoms with Crippen LogP contribution in [0.25, 0.3) is 0 Å². The summed E-state index contributed by atoms with van der Waals surface area (Å²) in [4.78, 5) is 27.8. The molecule has 0 heterocycles. The quantitative estimate of drug-likeness (QED) is 0.377. The molecule has 1 atom stereocenters. The molecule has 0 spiro atoms. The van der Waals surface area contributed by atoms with E-state index in [4.69, 9.17) is 34.8 Å². The largest absolute Gasteiger partial charge is 0.350 e. The fourth-order valence-corrected chi connectivity index (χ4v) is 5.39. The van der Waals surface area contributed by atoms with Crippen LogP contribution in [0.3, 0.4) is 0 Å². The summed E-state index contributed by atoms with van der Waals surface area (Å²) >= 11 is 18.6. The minimum atomic E-state index is -3.63. The van der Waals surface area contributed by atoms with Crippen molar-refractivity contribution in [2.45, 2.75) is 65.6 Å². The Morgan fingerprint density at radius 2 is 1.70 bits per heavy atom. The molecule has 0 aromatic heterocycles. The van der Waals surface area contributed by atoms with Gasteiger partial charge in [0.15, 0.2) is 0 Å². The van der Waals surface area contributed by atoms with Crippen LogP contribution < -0.4 is 9.62 Å². The smallest absolute Gasteiger partial charge is 0.242 e. The second-order valence-electron chi connectivity index (χ2n) is 10.00. The van der Waals surface area contributed by atoms with Gasteiger partial charge in [0.05, 0.1) is 11.9 Å². The van der Waals surface area contributed by atoms with Gasteiger partial charge in [0.1, 0.15) is 6.04 Å². The average Bonchev–Trinajstić information content (AvgIpc) is 2.76. The molecule has 1 N–H and O–H groups in total. The molecule has 0 radical (unpaired) electrons. The fourth-order valence-electron chi connectivity index (χ4n) is 3.74. The summed E-state index contributed by atoms with van der Waals surface area (Å²) in [5, 5.41) is 4.20. The molecule has 7 nitrogen and oxygen atoms in total. The van der Waals surface area contributed by atoms with Gasteiger partial charge in [-0.05, 0) is 76.4 Å². The van der Waals surface area contributed by atoms with E-state index >= 15 is 0 Å². The maximum atomic E-state index is 13.4. The number of rotatable bonds is 10. The molecule has 0 saturated heterocycles. The summed E-state index contributed by atoms with van der Waals surface area (Å²) in [6.07, 6.45) is 1.36. The number of anilines is 1. The fraction of sp³-hybridized carbons (Fsp3) is 0.462. The second kappa shape index (κ2) is 12.7. The lowest BCUT2D eigenvalue weighted by Gasteiger charge is -2.32. The molecule has 0 aliphatic rings. The van der Waals surface area contributed by atoms with E-state index < -0.39 is 21.6 Å². The van der Waals surface area contributed by atoms with Crippen LogP contribution in [0, 0.1) is 6.92 Å². The van der Waals surface area contributed by atoms with E-state index in [-0.39, 0.29) is 37.7 Å². The number of nitrogens with zero attached hydrogens (tertiary/aromatic N) is 2. The summed E-state index contributed by atoms with van der Waals surface area (Å²) in [6, 6.07) is 9.22. The van der Waals surface area contributed by atoms with E-state index in [1.165, 1.54) is 9.21 Å². The Labute approximate surface area is 235 Å². The summed E-state index contributed by atoms with van der Waals surface area (Å²) in [7, 11) is -3.63. The Kier molecular flexibility index (Phi) is 10.7. The zero-order valence-corrected chi connectivity index (χ0v) is 25.0. The van der Waals surface area contributed by atoms with Crippen molar-refractivity contribution in [2.75, 3.05) is 17.1 Å². The lowest BCUT2D eigenvalue weighted by atomic mass is 10.1. The highest BCUT2D eigenvalue weighted by atomic mass is 35.5. The highest BCUT2D eigenvalue weighted by Crippen LogP contribution is 2.29. The van der Waals surface area contributed by atoms with E-state index in [0.29, 0.717) is 31.9 Å². The minimum Gasteiger partial charge on any atom is -0.350 e. The van der Waals surface area contributed by atoms with Crippen molar-refractivity contribution >= 4 is 62.3 Å². The highest BCUT2D eigenvalue weighted by Gasteiger charge is 2.29. The normalized spacial score (nSPS) is 12.7. The minimum absolute atomic E-state index is 0.0178. The van der Waals surface area contributed by atoms with Crippen LogP contribution in [-0.2, 0) is 26.2 Å². The first kappa shape index (κ1) is 31.2. The van der Waals surface area contributed by atoms with Gasteiger partial charge in [-0.2, -0.15) is 0 Å². The van der Waals surface area contributed by atoms with Gasteiger partial charge in [0.2, 0.25) is 21.8 Å². The second-order valence-corrected chi connectivity index (χ2v) is 13.2. The van der Waals surface area contributed by atoms with Gasteiger partial charge in [-0.15, -0.1) is 0 Å². The zero-order chi connectivity index (χ0) is 28.1. The Morgan fingerprint density at radius 3 is 2.27 bits per heavy atom. The first-order valence-electron chi connectivity index (χ1n) is 11.8. The zero-order valence-electron chi connectivity index (χ0n) is 21.9. The number of hydrogen-bond acceptors (Lipinski definition) is 4. The van der Waals surface area contributed by atoms with E-state index in [2.05, 4.69) is 5.32 Å². The average molecular weight is 591 g/mol. The lowest BCUT2D eigenvalue weighted by Crippen LogP contribution is -2.52. The molecule has 204 valence electrons. The van der Waals surface area contributed by atoms with Gasteiger partial charge in [-0.3, -0.25) is 13.9 Å². The van der Waals surface area contributed by atoms with Crippen LogP contribution in [0.2, 0.25) is 15.1 Å². The third-order valence-corrected chi connectivity index (χ3v) is 7.86. The van der Waals surface area contributed by atoms with Gasteiger partial charge in [0, 0.05) is 40.1 Å². The number of amides is 2. The van der Waals surface area contributed by atoms with E-state index in [0.717, 1.165) is 6.26 Å². The molecule has 37 heavy (non-hydrogen) atoms. The van der Waals surface area contributed by atoms with Gasteiger partial charge in [-0.25, -0.2) is 8.42 Å². The highest BCUT2D eigenvalue weighted by molar-refractivity contribution is 7.92. The van der Waals surface area contributed by atoms with Crippen molar-refractivity contribution in [1.29, 1.82) is 0 Å². The number of carbonyl (C=O) groups is 2. The molecule has 11 heteroatoms. The van der Waals surface area contributed by atoms with Gasteiger partial charge in [0.25, 0.3) is 0 Å². The molecule has 2 aromatic carbocycles. The van der Waals surface area contributed by atoms with Crippen molar-refractivity contribution < 1.29 is 18.0 Å². The summed E-state index contributed by atoms with van der Waals surface area (Å²) in [5.74, 6) is -0.614. The van der Waals surface area contributed by atoms with Crippen LogP contribution >= 0.6 is 34.8 Å². The van der Waals surface area contributed by atoms with Crippen molar-refractivity contribution in [1.82, 2.24) is 10.2 Å². The molecular weight excluding hydrogens is 557 g/mol. The van der Waals surface area contributed by atoms with Crippen LogP contribution in [0.15, 0.2) is 36.4 Å². The third kappa shape index (κ3) is 9.06. The molecule has 0 aliphatic heterocycles. The number of nitrogens with one attached hydrogen (secondary N) is 1. The monoisotopic (exact) mass is 589 g/mol. The summed E-state index contributed by atoms with van der Waals surface area (Å²) in [5.41, 5.74) is 1.25. The number of hydrogen-bond donors (Lipinski definition) is 1. The van der Waals surface area contributed by atoms with E-state index in [9.17, 15) is 18.0 Å². The van der Waals surface area contributed by atoms with Crippen LogP contribution in [0.4, 0.5) is 5.69 Å². The maximum Gasteiger partial charge on any atom is 0.242 e. The summed E-state index contributed by atoms with van der Waals surface area (Å²) in [6.45, 7) is 9.14. The SMILES string of the molecule is Cc1c(Cl)cccc1N(CCCC(=O)N(Cc1ccc(Cl)cc1Cl)[C@@H](C)C(=O)NC(C)(C)C)S(C)(=O)=O. The Hall–Kier alpha value is -2.00. The molecule has 0 aliphatic carbocycles. The lowest BCUT2D eigenvalue weighted by molar-refractivity contribution is -0.141. The van der Waals surface area contributed by atoms with Crippen LogP contribution in [0.1, 0.15) is 51.7 Å². The van der Waals surface area contributed by atoms with E-state index in [1.54, 1.807) is 50.2 Å². The number of benzene rings is 2. The first-order chi connectivity index (χ1) is 17.0. The molecule has 2 rings (SSSR count). The Bertz CT molecular complexity index is 1250. The van der Waals surface area contributed by atoms with Crippen molar-refractivity contribution in [3.05, 3.63) is 62.6 Å². The molecule has 0 saturated carbocycles. The Balaban J connectivity index is 2.26. The summed E-state index contributed by atoms with van der Waals surface area (Å²) < 4.78 is 26.3. The van der Waals surface area contributed by atoms with Gasteiger partial charge >= 0.3 is 0 Å². The van der Waals surface area contributed by atoms with Crippen molar-refractivity contribution in [3.63, 3.8) is 0 Å². The first-order valence-corrected chi connectivity index (χ1v) is 14.8. The standard InChI is InChI=1S/C26H34Cl3N3O4S/c1-17-21(28)9-7-10-23(17)32(37(6,35)36)14-8-11-24(33)31(18(2)25(34)30-26(3,4)5)16-19-12-13-20(27)15-22(19)29/h7,9-10,12-13,15,18H,8,11,14,16H2,1-6H3,(H,30,34)/t18-/m0/s1. The maximum absolute atomic E-state index is 13.4. The third-order valence-electron chi connectivity index (χ3n) is 5.68. The number of carbonyl (C=O) groups excluding carboxylic acids is 2. The van der Waals surface area contributed by atoms with Gasteiger partial charge < -0.3 is 10.2 Å². The molecule has 2 aromatic rings. The van der Waals surface area contributed by atoms with Gasteiger partial charge in [-0.1, -0.05) is 46.9 Å². The molecular formula is C26H34Cl3N3O4S.